The van der Waals surface area contributed by atoms with Crippen LogP contribution < -0.4 is 5.32 Å². The lowest BCUT2D eigenvalue weighted by Crippen LogP contribution is -2.12. The predicted octanol–water partition coefficient (Wildman–Crippen LogP) is 0.899. The van der Waals surface area contributed by atoms with Gasteiger partial charge in [0.1, 0.15) is 0 Å². The average molecular weight is 209 g/mol. The molecule has 2 rings (SSSR count). The van der Waals surface area contributed by atoms with E-state index in [9.17, 15) is 0 Å². The first-order chi connectivity index (χ1) is 7.45. The molecule has 2 heterocycles. The van der Waals surface area contributed by atoms with E-state index >= 15 is 0 Å². The van der Waals surface area contributed by atoms with E-state index in [1.54, 1.807) is 6.20 Å². The van der Waals surface area contributed by atoms with Crippen LogP contribution in [-0.2, 0) is 11.3 Å². The quantitative estimate of drug-likeness (QED) is 0.707. The summed E-state index contributed by atoms with van der Waals surface area (Å²) in [4.78, 5) is 0. The highest BCUT2D eigenvalue weighted by Gasteiger charge is 2.13. The fourth-order valence-electron chi connectivity index (χ4n) is 1.90. The van der Waals surface area contributed by atoms with Crippen LogP contribution >= 0.6 is 0 Å². The maximum Gasteiger partial charge on any atom is 0.0662 e. The van der Waals surface area contributed by atoms with Crippen LogP contribution in [-0.4, -0.2) is 36.1 Å². The summed E-state index contributed by atoms with van der Waals surface area (Å²) in [7, 11) is 0. The minimum absolute atomic E-state index is 0.766. The molecule has 1 aliphatic heterocycles. The van der Waals surface area contributed by atoms with Crippen molar-refractivity contribution in [2.75, 3.05) is 26.3 Å². The molecule has 84 valence electrons. The monoisotopic (exact) mass is 209 g/mol. The summed E-state index contributed by atoms with van der Waals surface area (Å²) >= 11 is 0. The molecule has 0 bridgehead atoms. The summed E-state index contributed by atoms with van der Waals surface area (Å²) in [6.45, 7) is 4.85. The summed E-state index contributed by atoms with van der Waals surface area (Å²) in [6, 6.07) is 1.93. The predicted molar refractivity (Wildman–Crippen MR) is 58.6 cm³/mol. The normalized spacial score (nSPS) is 20.9. The van der Waals surface area contributed by atoms with Crippen LogP contribution in [0.25, 0.3) is 0 Å². The lowest BCUT2D eigenvalue weighted by atomic mass is 10.1. The lowest BCUT2D eigenvalue weighted by molar-refractivity contribution is 0.112. The Morgan fingerprint density at radius 3 is 3.20 bits per heavy atom. The third-order valence-corrected chi connectivity index (χ3v) is 2.86. The van der Waals surface area contributed by atoms with Gasteiger partial charge in [0.05, 0.1) is 13.2 Å². The molecular formula is C11H19N3O. The van der Waals surface area contributed by atoms with Crippen molar-refractivity contribution in [2.45, 2.75) is 19.4 Å². The van der Waals surface area contributed by atoms with E-state index < -0.39 is 0 Å². The third kappa shape index (κ3) is 3.64. The summed E-state index contributed by atoms with van der Waals surface area (Å²) < 4.78 is 7.48. The molecule has 1 N–H and O–H groups in total. The van der Waals surface area contributed by atoms with Gasteiger partial charge in [0.2, 0.25) is 0 Å². The highest BCUT2D eigenvalue weighted by atomic mass is 16.5. The number of nitrogens with one attached hydrogen (secondary N) is 1. The number of aromatic nitrogens is 2. The largest absolute Gasteiger partial charge is 0.380 e. The Labute approximate surface area is 90.6 Å². The molecule has 1 aromatic rings. The molecule has 0 radical (unpaired) electrons. The maximum absolute atomic E-state index is 5.58. The van der Waals surface area contributed by atoms with Crippen LogP contribution in [0.5, 0.6) is 0 Å². The van der Waals surface area contributed by atoms with E-state index in [4.69, 9.17) is 4.74 Å². The first-order valence-electron chi connectivity index (χ1n) is 5.71. The van der Waals surface area contributed by atoms with Crippen molar-refractivity contribution < 1.29 is 4.74 Å². The summed E-state index contributed by atoms with van der Waals surface area (Å²) in [5, 5.41) is 7.48. The van der Waals surface area contributed by atoms with Crippen LogP contribution in [0.4, 0.5) is 0 Å². The minimum Gasteiger partial charge on any atom is -0.380 e. The van der Waals surface area contributed by atoms with Gasteiger partial charge in [-0.25, -0.2) is 0 Å². The number of hydrogen-bond acceptors (Lipinski definition) is 3. The van der Waals surface area contributed by atoms with Gasteiger partial charge < -0.3 is 10.1 Å². The first-order valence-corrected chi connectivity index (χ1v) is 5.71. The van der Waals surface area contributed by atoms with E-state index in [0.29, 0.717) is 0 Å². The van der Waals surface area contributed by atoms with E-state index in [-0.39, 0.29) is 0 Å². The molecule has 0 saturated carbocycles. The molecule has 1 aromatic heterocycles. The van der Waals surface area contributed by atoms with Gasteiger partial charge in [-0.3, -0.25) is 4.68 Å². The van der Waals surface area contributed by atoms with Crippen LogP contribution in [0, 0.1) is 5.92 Å². The zero-order valence-electron chi connectivity index (χ0n) is 9.06. The molecule has 0 aromatic carbocycles. The van der Waals surface area contributed by atoms with Crippen molar-refractivity contribution >= 4 is 0 Å². The molecule has 0 aliphatic carbocycles. The van der Waals surface area contributed by atoms with E-state index in [2.05, 4.69) is 10.4 Å². The van der Waals surface area contributed by atoms with Gasteiger partial charge in [-0.1, -0.05) is 0 Å². The molecule has 1 unspecified atom stereocenters. The molecule has 1 saturated heterocycles. The molecule has 15 heavy (non-hydrogen) atoms. The SMILES string of the molecule is c1cnn(CCOCCC2CCNC2)c1. The first kappa shape index (κ1) is 10.6. The van der Waals surface area contributed by atoms with E-state index in [1.807, 2.05) is 16.9 Å². The Hall–Kier alpha value is -0.870. The van der Waals surface area contributed by atoms with Crippen molar-refractivity contribution in [3.8, 4) is 0 Å². The Morgan fingerprint density at radius 1 is 1.47 bits per heavy atom. The average Bonchev–Trinajstić information content (AvgIpc) is 2.88. The topological polar surface area (TPSA) is 39.1 Å². The van der Waals surface area contributed by atoms with Gasteiger partial charge in [-0.05, 0) is 37.9 Å². The Balaban J connectivity index is 1.48. The van der Waals surface area contributed by atoms with E-state index in [0.717, 1.165) is 25.7 Å². The van der Waals surface area contributed by atoms with Crippen molar-refractivity contribution in [3.05, 3.63) is 18.5 Å². The van der Waals surface area contributed by atoms with Crippen LogP contribution in [0.1, 0.15) is 12.8 Å². The standard InChI is InChI=1S/C11H19N3O/c1-4-13-14(6-1)7-9-15-8-3-11-2-5-12-10-11/h1,4,6,11-12H,2-3,5,7-10H2. The van der Waals surface area contributed by atoms with Gasteiger partial charge in [0.25, 0.3) is 0 Å². The van der Waals surface area contributed by atoms with Gasteiger partial charge >= 0.3 is 0 Å². The maximum atomic E-state index is 5.58. The highest BCUT2D eigenvalue weighted by molar-refractivity contribution is 4.77. The fraction of sp³-hybridized carbons (Fsp3) is 0.727. The smallest absolute Gasteiger partial charge is 0.0662 e. The molecule has 0 spiro atoms. The van der Waals surface area contributed by atoms with Crippen LogP contribution in [0.15, 0.2) is 18.5 Å². The summed E-state index contributed by atoms with van der Waals surface area (Å²) in [5.74, 6) is 0.828. The minimum atomic E-state index is 0.766. The van der Waals surface area contributed by atoms with Gasteiger partial charge in [-0.2, -0.15) is 5.10 Å². The second kappa shape index (κ2) is 5.88. The number of rotatable bonds is 6. The summed E-state index contributed by atoms with van der Waals surface area (Å²) in [6.07, 6.45) is 6.25. The van der Waals surface area contributed by atoms with Gasteiger partial charge in [-0.15, -0.1) is 0 Å². The van der Waals surface area contributed by atoms with Crippen LogP contribution in [0.3, 0.4) is 0 Å². The molecule has 4 heteroatoms. The van der Waals surface area contributed by atoms with Crippen LogP contribution in [0.2, 0.25) is 0 Å². The highest BCUT2D eigenvalue weighted by Crippen LogP contribution is 2.11. The summed E-state index contributed by atoms with van der Waals surface area (Å²) in [5.41, 5.74) is 0. The second-order valence-electron chi connectivity index (χ2n) is 4.03. The Bertz CT molecular complexity index is 255. The zero-order valence-corrected chi connectivity index (χ0v) is 9.06. The van der Waals surface area contributed by atoms with Crippen molar-refractivity contribution in [1.29, 1.82) is 0 Å². The van der Waals surface area contributed by atoms with Crippen molar-refractivity contribution in [1.82, 2.24) is 15.1 Å². The fourth-order valence-corrected chi connectivity index (χ4v) is 1.90. The van der Waals surface area contributed by atoms with Crippen molar-refractivity contribution in [3.63, 3.8) is 0 Å². The molecule has 1 fully saturated rings. The number of hydrogen-bond donors (Lipinski definition) is 1. The Kier molecular flexibility index (Phi) is 4.17. The second-order valence-corrected chi connectivity index (χ2v) is 4.03. The van der Waals surface area contributed by atoms with Gasteiger partial charge in [0.15, 0.2) is 0 Å². The zero-order chi connectivity index (χ0) is 10.3. The number of nitrogens with zero attached hydrogens (tertiary/aromatic N) is 2. The molecule has 4 nitrogen and oxygen atoms in total. The van der Waals surface area contributed by atoms with Crippen molar-refractivity contribution in [2.24, 2.45) is 5.92 Å². The van der Waals surface area contributed by atoms with E-state index in [1.165, 1.54) is 25.9 Å². The third-order valence-electron chi connectivity index (χ3n) is 2.86. The molecule has 0 amide bonds. The molecule has 1 aliphatic rings. The molecule has 1 atom stereocenters. The molecular weight excluding hydrogens is 190 g/mol. The number of ether oxygens (including phenoxy) is 1. The van der Waals surface area contributed by atoms with Gasteiger partial charge in [0, 0.05) is 19.0 Å². The lowest BCUT2D eigenvalue weighted by Gasteiger charge is -2.08. The Morgan fingerprint density at radius 2 is 2.47 bits per heavy atom.